The molecule has 0 saturated heterocycles. The van der Waals surface area contributed by atoms with E-state index in [4.69, 9.17) is 0 Å². The van der Waals surface area contributed by atoms with Crippen LogP contribution in [-0.2, 0) is 6.42 Å². The average Bonchev–Trinajstić information content (AvgIpc) is 2.84. The fourth-order valence-electron chi connectivity index (χ4n) is 2.08. The van der Waals surface area contributed by atoms with Crippen LogP contribution in [0.5, 0.6) is 0 Å². The van der Waals surface area contributed by atoms with Crippen molar-refractivity contribution >= 4 is 5.82 Å². The van der Waals surface area contributed by atoms with Crippen LogP contribution in [0.4, 0.5) is 10.2 Å². The lowest BCUT2D eigenvalue weighted by Crippen LogP contribution is -2.08. The van der Waals surface area contributed by atoms with Crippen LogP contribution in [0.25, 0.3) is 0 Å². The van der Waals surface area contributed by atoms with Crippen LogP contribution < -0.4 is 5.32 Å². The summed E-state index contributed by atoms with van der Waals surface area (Å²) in [5.41, 5.74) is 1.95. The molecule has 3 nitrogen and oxygen atoms in total. The van der Waals surface area contributed by atoms with Crippen molar-refractivity contribution in [3.05, 3.63) is 29.5 Å². The van der Waals surface area contributed by atoms with E-state index in [1.54, 1.807) is 0 Å². The second-order valence-corrected chi connectivity index (χ2v) is 4.27. The van der Waals surface area contributed by atoms with Gasteiger partial charge < -0.3 is 5.32 Å². The molecule has 0 atom stereocenters. The maximum absolute atomic E-state index is 13.8. The van der Waals surface area contributed by atoms with Crippen molar-refractivity contribution in [2.45, 2.75) is 39.0 Å². The highest BCUT2D eigenvalue weighted by Crippen LogP contribution is 2.20. The van der Waals surface area contributed by atoms with Gasteiger partial charge in [0.05, 0.1) is 5.69 Å². The third-order valence-electron chi connectivity index (χ3n) is 3.07. The van der Waals surface area contributed by atoms with Crippen molar-refractivity contribution in [2.75, 3.05) is 11.9 Å². The van der Waals surface area contributed by atoms with Crippen molar-refractivity contribution in [1.29, 1.82) is 0 Å². The van der Waals surface area contributed by atoms with Gasteiger partial charge in [-0.2, -0.15) is 0 Å². The summed E-state index contributed by atoms with van der Waals surface area (Å²) in [5, 5.41) is 3.05. The Hall–Kier alpha value is -1.45. The Labute approximate surface area is 101 Å². The van der Waals surface area contributed by atoms with Gasteiger partial charge in [-0.15, -0.1) is 0 Å². The molecule has 0 radical (unpaired) electrons. The van der Waals surface area contributed by atoms with Crippen molar-refractivity contribution in [1.82, 2.24) is 9.97 Å². The standard InChI is InChI=1S/C13H18FN3/c1-2-11-12(14)13(17-9-16-11)15-8-7-10-5-3-4-6-10/h5,9H,2-4,6-8H2,1H3,(H,15,16,17). The maximum Gasteiger partial charge on any atom is 0.186 e. The monoisotopic (exact) mass is 235 g/mol. The minimum Gasteiger partial charge on any atom is -0.367 e. The molecule has 0 spiro atoms. The molecule has 1 aliphatic rings. The number of nitrogens with zero attached hydrogens (tertiary/aromatic N) is 2. The molecular formula is C13H18FN3. The molecule has 1 heterocycles. The van der Waals surface area contributed by atoms with Gasteiger partial charge in [0.2, 0.25) is 0 Å². The SMILES string of the molecule is CCc1ncnc(NCCC2=CCCC2)c1F. The molecule has 4 heteroatoms. The molecule has 0 bridgehead atoms. The van der Waals surface area contributed by atoms with Crippen LogP contribution in [-0.4, -0.2) is 16.5 Å². The van der Waals surface area contributed by atoms with E-state index in [2.05, 4.69) is 21.4 Å². The number of hydrogen-bond donors (Lipinski definition) is 1. The van der Waals surface area contributed by atoms with Crippen LogP contribution in [0.1, 0.15) is 38.3 Å². The smallest absolute Gasteiger partial charge is 0.186 e. The Bertz CT molecular complexity index is 415. The summed E-state index contributed by atoms with van der Waals surface area (Å²) in [5.74, 6) is 0.0193. The third kappa shape index (κ3) is 3.02. The maximum atomic E-state index is 13.8. The van der Waals surface area contributed by atoms with Crippen LogP contribution in [0.3, 0.4) is 0 Å². The van der Waals surface area contributed by atoms with Crippen molar-refractivity contribution in [2.24, 2.45) is 0 Å². The van der Waals surface area contributed by atoms with Gasteiger partial charge in [0.15, 0.2) is 11.6 Å². The summed E-state index contributed by atoms with van der Waals surface area (Å²) in [6, 6.07) is 0. The number of halogens is 1. The molecule has 1 aromatic heterocycles. The van der Waals surface area contributed by atoms with E-state index in [1.165, 1.54) is 31.2 Å². The Morgan fingerprint density at radius 3 is 3.00 bits per heavy atom. The molecule has 0 aliphatic heterocycles. The summed E-state index contributed by atoms with van der Waals surface area (Å²) in [4.78, 5) is 7.84. The molecule has 1 N–H and O–H groups in total. The number of allylic oxidation sites excluding steroid dienone is 1. The molecule has 2 rings (SSSR count). The van der Waals surface area contributed by atoms with Gasteiger partial charge in [0.1, 0.15) is 6.33 Å². The topological polar surface area (TPSA) is 37.8 Å². The number of rotatable bonds is 5. The first-order valence-electron chi connectivity index (χ1n) is 6.22. The molecule has 0 saturated carbocycles. The normalized spacial score (nSPS) is 14.8. The van der Waals surface area contributed by atoms with Crippen molar-refractivity contribution < 1.29 is 4.39 Å². The van der Waals surface area contributed by atoms with Gasteiger partial charge in [0, 0.05) is 6.54 Å². The van der Waals surface area contributed by atoms with E-state index in [-0.39, 0.29) is 5.82 Å². The summed E-state index contributed by atoms with van der Waals surface area (Å²) in [6.45, 7) is 2.63. The first kappa shape index (κ1) is 12.0. The zero-order valence-electron chi connectivity index (χ0n) is 10.2. The van der Waals surface area contributed by atoms with E-state index in [9.17, 15) is 4.39 Å². The molecule has 0 unspecified atom stereocenters. The molecular weight excluding hydrogens is 217 g/mol. The Kier molecular flexibility index (Phi) is 4.07. The molecule has 92 valence electrons. The van der Waals surface area contributed by atoms with Crippen LogP contribution in [0, 0.1) is 5.82 Å². The Morgan fingerprint density at radius 1 is 1.41 bits per heavy atom. The zero-order chi connectivity index (χ0) is 12.1. The first-order chi connectivity index (χ1) is 8.31. The predicted molar refractivity (Wildman–Crippen MR) is 66.4 cm³/mol. The quantitative estimate of drug-likeness (QED) is 0.797. The lowest BCUT2D eigenvalue weighted by molar-refractivity contribution is 0.596. The molecule has 1 aromatic rings. The predicted octanol–water partition coefficient (Wildman–Crippen LogP) is 3.09. The summed E-state index contributed by atoms with van der Waals surface area (Å²) >= 11 is 0. The minimum absolute atomic E-state index is 0.310. The van der Waals surface area contributed by atoms with Gasteiger partial charge in [-0.05, 0) is 32.1 Å². The second kappa shape index (κ2) is 5.75. The number of aromatic nitrogens is 2. The number of anilines is 1. The highest BCUT2D eigenvalue weighted by Gasteiger charge is 2.09. The molecule has 17 heavy (non-hydrogen) atoms. The summed E-state index contributed by atoms with van der Waals surface area (Å²) in [7, 11) is 0. The molecule has 1 aliphatic carbocycles. The van der Waals surface area contributed by atoms with E-state index in [0.29, 0.717) is 17.9 Å². The van der Waals surface area contributed by atoms with Gasteiger partial charge >= 0.3 is 0 Å². The fourth-order valence-corrected chi connectivity index (χ4v) is 2.08. The summed E-state index contributed by atoms with van der Waals surface area (Å²) < 4.78 is 13.8. The Morgan fingerprint density at radius 2 is 2.29 bits per heavy atom. The second-order valence-electron chi connectivity index (χ2n) is 4.27. The molecule has 0 aromatic carbocycles. The lowest BCUT2D eigenvalue weighted by atomic mass is 10.2. The summed E-state index contributed by atoms with van der Waals surface area (Å²) in [6.07, 6.45) is 8.91. The van der Waals surface area contributed by atoms with Crippen LogP contribution in [0.2, 0.25) is 0 Å². The minimum atomic E-state index is -0.310. The fraction of sp³-hybridized carbons (Fsp3) is 0.538. The average molecular weight is 235 g/mol. The van der Waals surface area contributed by atoms with E-state index < -0.39 is 0 Å². The van der Waals surface area contributed by atoms with E-state index in [0.717, 1.165) is 13.0 Å². The van der Waals surface area contributed by atoms with Gasteiger partial charge in [-0.25, -0.2) is 14.4 Å². The number of nitrogens with one attached hydrogen (secondary N) is 1. The lowest BCUT2D eigenvalue weighted by Gasteiger charge is -2.08. The van der Waals surface area contributed by atoms with Crippen LogP contribution >= 0.6 is 0 Å². The number of hydrogen-bond acceptors (Lipinski definition) is 3. The van der Waals surface area contributed by atoms with Gasteiger partial charge in [-0.1, -0.05) is 18.6 Å². The highest BCUT2D eigenvalue weighted by molar-refractivity contribution is 5.37. The Balaban J connectivity index is 1.90. The van der Waals surface area contributed by atoms with Crippen molar-refractivity contribution in [3.63, 3.8) is 0 Å². The molecule has 0 fully saturated rings. The third-order valence-corrected chi connectivity index (χ3v) is 3.07. The van der Waals surface area contributed by atoms with Crippen LogP contribution in [0.15, 0.2) is 18.0 Å². The van der Waals surface area contributed by atoms with E-state index in [1.807, 2.05) is 6.92 Å². The largest absolute Gasteiger partial charge is 0.367 e. The first-order valence-corrected chi connectivity index (χ1v) is 6.22. The van der Waals surface area contributed by atoms with E-state index >= 15 is 0 Å². The van der Waals surface area contributed by atoms with Gasteiger partial charge in [-0.3, -0.25) is 0 Å². The number of aryl methyl sites for hydroxylation is 1. The highest BCUT2D eigenvalue weighted by atomic mass is 19.1. The molecule has 0 amide bonds. The zero-order valence-corrected chi connectivity index (χ0v) is 10.2. The van der Waals surface area contributed by atoms with Crippen molar-refractivity contribution in [3.8, 4) is 0 Å². The van der Waals surface area contributed by atoms with Gasteiger partial charge in [0.25, 0.3) is 0 Å².